The number of hydrogen-bond donors (Lipinski definition) is 0. The van der Waals surface area contributed by atoms with Gasteiger partial charge in [0.2, 0.25) is 0 Å². The lowest BCUT2D eigenvalue weighted by Gasteiger charge is -2.48. The van der Waals surface area contributed by atoms with Crippen molar-refractivity contribution in [1.29, 1.82) is 0 Å². The van der Waals surface area contributed by atoms with Crippen molar-refractivity contribution in [2.24, 2.45) is 0 Å². The Morgan fingerprint density at radius 3 is 3.04 bits per heavy atom. The predicted molar refractivity (Wildman–Crippen MR) is 92.4 cm³/mol. The number of thiophene rings is 1. The molecule has 2 aromatic heterocycles. The summed E-state index contributed by atoms with van der Waals surface area (Å²) < 4.78 is 6.18. The predicted octanol–water partition coefficient (Wildman–Crippen LogP) is 2.05. The molecule has 2 aromatic rings. The van der Waals surface area contributed by atoms with Crippen LogP contribution < -0.4 is 4.90 Å². The van der Waals surface area contributed by atoms with Gasteiger partial charge in [0.15, 0.2) is 0 Å². The molecule has 0 N–H and O–H groups in total. The number of rotatable bonds is 2. The lowest BCUT2D eigenvalue weighted by Crippen LogP contribution is -2.60. The van der Waals surface area contributed by atoms with Gasteiger partial charge in [-0.05, 0) is 24.3 Å². The molecule has 0 unspecified atom stereocenters. The summed E-state index contributed by atoms with van der Waals surface area (Å²) in [5, 5.41) is 1.94. The van der Waals surface area contributed by atoms with Gasteiger partial charge < -0.3 is 14.5 Å². The Hall–Kier alpha value is -1.99. The molecule has 0 saturated carbocycles. The highest BCUT2D eigenvalue weighted by atomic mass is 32.1. The maximum atomic E-state index is 12.7. The first-order chi connectivity index (χ1) is 11.8. The topological polar surface area (TPSA) is 58.6 Å². The van der Waals surface area contributed by atoms with Crippen molar-refractivity contribution < 1.29 is 9.53 Å². The minimum Gasteiger partial charge on any atom is -0.369 e. The summed E-state index contributed by atoms with van der Waals surface area (Å²) in [6.45, 7) is 3.58. The molecule has 126 valence electrons. The molecule has 1 amide bonds. The van der Waals surface area contributed by atoms with Crippen LogP contribution in [0.5, 0.6) is 0 Å². The molecule has 1 atom stereocenters. The highest BCUT2D eigenvalue weighted by molar-refractivity contribution is 7.12. The molecular weight excluding hydrogens is 324 g/mol. The number of morpholine rings is 1. The van der Waals surface area contributed by atoms with Gasteiger partial charge in [0.1, 0.15) is 11.4 Å². The maximum absolute atomic E-state index is 12.7. The zero-order chi connectivity index (χ0) is 16.4. The zero-order valence-electron chi connectivity index (χ0n) is 13.4. The molecule has 1 spiro atoms. The van der Waals surface area contributed by atoms with Crippen molar-refractivity contribution in [2.75, 3.05) is 37.7 Å². The standard InChI is InChI=1S/C17H20N4O2S/c22-16(14-3-1-10-24-14)21-8-9-23-17(13-21)4-2-7-20(12-17)15-11-18-5-6-19-15/h1,3,5-6,10-11H,2,4,7-9,12-13H2/t17-/m1/s1. The van der Waals surface area contributed by atoms with Crippen molar-refractivity contribution in [3.63, 3.8) is 0 Å². The lowest BCUT2D eigenvalue weighted by molar-refractivity contribution is -0.105. The summed E-state index contributed by atoms with van der Waals surface area (Å²) in [6, 6.07) is 3.81. The quantitative estimate of drug-likeness (QED) is 0.834. The van der Waals surface area contributed by atoms with Gasteiger partial charge in [-0.15, -0.1) is 11.3 Å². The van der Waals surface area contributed by atoms with E-state index in [-0.39, 0.29) is 11.5 Å². The van der Waals surface area contributed by atoms with Crippen molar-refractivity contribution in [3.05, 3.63) is 41.0 Å². The molecule has 2 aliphatic rings. The summed E-state index contributed by atoms with van der Waals surface area (Å²) in [5.41, 5.74) is -0.305. The van der Waals surface area contributed by atoms with Gasteiger partial charge in [-0.3, -0.25) is 9.78 Å². The summed E-state index contributed by atoms with van der Waals surface area (Å²) in [7, 11) is 0. The number of nitrogens with zero attached hydrogens (tertiary/aromatic N) is 4. The van der Waals surface area contributed by atoms with E-state index in [0.29, 0.717) is 19.7 Å². The van der Waals surface area contributed by atoms with Crippen molar-refractivity contribution >= 4 is 23.1 Å². The number of anilines is 1. The third kappa shape index (κ3) is 3.01. The fraction of sp³-hybridized carbons (Fsp3) is 0.471. The largest absolute Gasteiger partial charge is 0.369 e. The van der Waals surface area contributed by atoms with Crippen molar-refractivity contribution in [3.8, 4) is 0 Å². The molecule has 2 aliphatic heterocycles. The van der Waals surface area contributed by atoms with Crippen LogP contribution >= 0.6 is 11.3 Å². The first-order valence-electron chi connectivity index (χ1n) is 8.24. The Bertz CT molecular complexity index is 690. The van der Waals surface area contributed by atoms with Crippen LogP contribution in [0.1, 0.15) is 22.5 Å². The molecule has 0 radical (unpaired) electrons. The number of hydrogen-bond acceptors (Lipinski definition) is 6. The van der Waals surface area contributed by atoms with Crippen LogP contribution in [-0.4, -0.2) is 59.2 Å². The molecule has 7 heteroatoms. The summed E-state index contributed by atoms with van der Waals surface area (Å²) in [6.07, 6.45) is 7.18. The van der Waals surface area contributed by atoms with E-state index in [9.17, 15) is 4.79 Å². The Morgan fingerprint density at radius 1 is 1.29 bits per heavy atom. The van der Waals surface area contributed by atoms with Crippen molar-refractivity contribution in [2.45, 2.75) is 18.4 Å². The highest BCUT2D eigenvalue weighted by Gasteiger charge is 2.42. The Kier molecular flexibility index (Phi) is 4.20. The highest BCUT2D eigenvalue weighted by Crippen LogP contribution is 2.31. The van der Waals surface area contributed by atoms with Gasteiger partial charge in [-0.2, -0.15) is 0 Å². The SMILES string of the molecule is O=C(c1cccs1)N1CCO[C@@]2(CCCN(c3cnccn3)C2)C1. The van der Waals surface area contributed by atoms with E-state index in [1.807, 2.05) is 22.4 Å². The molecule has 24 heavy (non-hydrogen) atoms. The average molecular weight is 344 g/mol. The second kappa shape index (κ2) is 6.49. The Balaban J connectivity index is 1.50. The number of carbonyl (C=O) groups excluding carboxylic acids is 1. The number of ether oxygens (including phenoxy) is 1. The molecule has 4 rings (SSSR count). The smallest absolute Gasteiger partial charge is 0.264 e. The Labute approximate surface area is 145 Å². The van der Waals surface area contributed by atoms with E-state index in [1.165, 1.54) is 11.3 Å². The third-order valence-corrected chi connectivity index (χ3v) is 5.54. The summed E-state index contributed by atoms with van der Waals surface area (Å²) in [4.78, 5) is 26.2. The zero-order valence-corrected chi connectivity index (χ0v) is 14.2. The molecule has 2 fully saturated rings. The fourth-order valence-corrected chi connectivity index (χ4v) is 4.26. The minimum atomic E-state index is -0.305. The second-order valence-corrected chi connectivity index (χ2v) is 7.27. The second-order valence-electron chi connectivity index (χ2n) is 6.32. The van der Waals surface area contributed by atoms with E-state index in [2.05, 4.69) is 14.9 Å². The van der Waals surface area contributed by atoms with Crippen LogP contribution in [0.25, 0.3) is 0 Å². The van der Waals surface area contributed by atoms with E-state index < -0.39 is 0 Å². The first-order valence-corrected chi connectivity index (χ1v) is 9.11. The summed E-state index contributed by atoms with van der Waals surface area (Å²) >= 11 is 1.50. The lowest BCUT2D eigenvalue weighted by atomic mass is 9.90. The monoisotopic (exact) mass is 344 g/mol. The number of amides is 1. The van der Waals surface area contributed by atoms with E-state index >= 15 is 0 Å². The van der Waals surface area contributed by atoms with Gasteiger partial charge in [-0.25, -0.2) is 4.98 Å². The first kappa shape index (κ1) is 15.5. The molecular formula is C17H20N4O2S. The van der Waals surface area contributed by atoms with Gasteiger partial charge in [0, 0.05) is 25.5 Å². The molecule has 2 saturated heterocycles. The number of piperidine rings is 1. The van der Waals surface area contributed by atoms with E-state index in [1.54, 1.807) is 18.6 Å². The van der Waals surface area contributed by atoms with Crippen molar-refractivity contribution in [1.82, 2.24) is 14.9 Å². The van der Waals surface area contributed by atoms with Crippen LogP contribution in [0.15, 0.2) is 36.1 Å². The van der Waals surface area contributed by atoms with Gasteiger partial charge in [-0.1, -0.05) is 6.07 Å². The third-order valence-electron chi connectivity index (χ3n) is 4.68. The minimum absolute atomic E-state index is 0.115. The van der Waals surface area contributed by atoms with Gasteiger partial charge >= 0.3 is 0 Å². The Morgan fingerprint density at radius 2 is 2.25 bits per heavy atom. The molecule has 0 bridgehead atoms. The van der Waals surface area contributed by atoms with Crippen LogP contribution in [0.2, 0.25) is 0 Å². The van der Waals surface area contributed by atoms with Crippen LogP contribution in [0.4, 0.5) is 5.82 Å². The molecule has 0 aliphatic carbocycles. The molecule has 6 nitrogen and oxygen atoms in total. The number of aromatic nitrogens is 2. The molecule has 0 aromatic carbocycles. The maximum Gasteiger partial charge on any atom is 0.264 e. The number of carbonyl (C=O) groups is 1. The average Bonchev–Trinajstić information content (AvgIpc) is 3.17. The van der Waals surface area contributed by atoms with E-state index in [4.69, 9.17) is 4.74 Å². The van der Waals surface area contributed by atoms with E-state index in [0.717, 1.165) is 36.6 Å². The van der Waals surface area contributed by atoms with Crippen LogP contribution in [0.3, 0.4) is 0 Å². The summed E-state index contributed by atoms with van der Waals surface area (Å²) in [5.74, 6) is 0.992. The van der Waals surface area contributed by atoms with Crippen LogP contribution in [-0.2, 0) is 4.74 Å². The molecule has 4 heterocycles. The van der Waals surface area contributed by atoms with Crippen LogP contribution in [0, 0.1) is 0 Å². The van der Waals surface area contributed by atoms with Gasteiger partial charge in [0.25, 0.3) is 5.91 Å². The fourth-order valence-electron chi connectivity index (χ4n) is 3.57. The van der Waals surface area contributed by atoms with Gasteiger partial charge in [0.05, 0.1) is 30.8 Å². The normalized spacial score (nSPS) is 24.3.